The van der Waals surface area contributed by atoms with E-state index in [1.54, 1.807) is 0 Å². The van der Waals surface area contributed by atoms with Crippen LogP contribution in [0.4, 0.5) is 17.3 Å². The Labute approximate surface area is 244 Å². The summed E-state index contributed by atoms with van der Waals surface area (Å²) in [6.07, 6.45) is 11.0. The fourth-order valence-corrected chi connectivity index (χ4v) is 5.25. The van der Waals surface area contributed by atoms with Gasteiger partial charge in [-0.15, -0.1) is 0 Å². The van der Waals surface area contributed by atoms with E-state index in [2.05, 4.69) is 59.3 Å². The molecule has 4 rings (SSSR count). The van der Waals surface area contributed by atoms with Gasteiger partial charge >= 0.3 is 0 Å². The summed E-state index contributed by atoms with van der Waals surface area (Å²) >= 11 is 0. The number of hydrogen-bond acceptors (Lipinski definition) is 6. The second kappa shape index (κ2) is 14.1. The number of amides is 2. The predicted molar refractivity (Wildman–Crippen MR) is 167 cm³/mol. The summed E-state index contributed by atoms with van der Waals surface area (Å²) in [6.45, 7) is 18.8. The van der Waals surface area contributed by atoms with Crippen LogP contribution in [0.5, 0.6) is 0 Å². The molecule has 2 fully saturated rings. The van der Waals surface area contributed by atoms with E-state index in [0.717, 1.165) is 86.7 Å². The van der Waals surface area contributed by atoms with Crippen LogP contribution in [0.3, 0.4) is 0 Å². The largest absolute Gasteiger partial charge is 0.368 e. The average molecular weight is 557 g/mol. The summed E-state index contributed by atoms with van der Waals surface area (Å²) < 4.78 is 0. The Morgan fingerprint density at radius 3 is 2.44 bits per heavy atom. The number of aryl methyl sites for hydroxylation is 1. The minimum atomic E-state index is 0.0303. The third-order valence-corrected chi connectivity index (χ3v) is 7.77. The molecule has 2 aromatic rings. The van der Waals surface area contributed by atoms with Crippen LogP contribution in [0.15, 0.2) is 61.3 Å². The second-order valence-electron chi connectivity index (χ2n) is 11.6. The number of hydrogen-bond donors (Lipinski definition) is 1. The first-order valence-electron chi connectivity index (χ1n) is 14.7. The molecule has 0 atom stereocenters. The third-order valence-electron chi connectivity index (χ3n) is 7.77. The molecule has 2 aliphatic rings. The van der Waals surface area contributed by atoms with E-state index >= 15 is 0 Å². The van der Waals surface area contributed by atoms with Gasteiger partial charge in [0.1, 0.15) is 0 Å². The first kappa shape index (κ1) is 30.0. The predicted octanol–water partition coefficient (Wildman–Crippen LogP) is 5.61. The van der Waals surface area contributed by atoms with Crippen LogP contribution in [0.1, 0.15) is 50.8 Å². The van der Waals surface area contributed by atoms with Gasteiger partial charge in [0.05, 0.1) is 5.69 Å². The minimum absolute atomic E-state index is 0.0303. The topological polar surface area (TPSA) is 81.7 Å². The monoisotopic (exact) mass is 556 g/mol. The number of carbonyl (C=O) groups is 2. The smallest absolute Gasteiger partial charge is 0.245 e. The molecule has 0 unspecified atom stereocenters. The zero-order valence-electron chi connectivity index (χ0n) is 24.8. The molecule has 41 heavy (non-hydrogen) atoms. The van der Waals surface area contributed by atoms with Crippen LogP contribution in [0, 0.1) is 18.8 Å². The molecule has 0 radical (unpaired) electrons. The summed E-state index contributed by atoms with van der Waals surface area (Å²) in [6, 6.07) is 8.29. The van der Waals surface area contributed by atoms with Crippen LogP contribution in [-0.2, 0) is 9.59 Å². The van der Waals surface area contributed by atoms with Crippen molar-refractivity contribution in [1.82, 2.24) is 19.8 Å². The fraction of sp³-hybridized carbons (Fsp3) is 0.455. The Balaban J connectivity index is 1.20. The van der Waals surface area contributed by atoms with Gasteiger partial charge in [0.15, 0.2) is 0 Å². The highest BCUT2D eigenvalue weighted by molar-refractivity contribution is 5.87. The summed E-state index contributed by atoms with van der Waals surface area (Å²) in [4.78, 5) is 39.2. The van der Waals surface area contributed by atoms with Gasteiger partial charge < -0.3 is 20.0 Å². The van der Waals surface area contributed by atoms with E-state index in [4.69, 9.17) is 0 Å². The molecule has 1 aromatic heterocycles. The molecule has 0 aliphatic carbocycles. The van der Waals surface area contributed by atoms with Crippen molar-refractivity contribution in [3.8, 4) is 0 Å². The van der Waals surface area contributed by atoms with E-state index < -0.39 is 0 Å². The highest BCUT2D eigenvalue weighted by Crippen LogP contribution is 2.24. The van der Waals surface area contributed by atoms with Gasteiger partial charge in [-0.25, -0.2) is 9.97 Å². The molecule has 218 valence electrons. The summed E-state index contributed by atoms with van der Waals surface area (Å²) in [7, 11) is 0. The Morgan fingerprint density at radius 2 is 1.80 bits per heavy atom. The normalized spacial score (nSPS) is 15.8. The summed E-state index contributed by atoms with van der Waals surface area (Å²) in [5, 5.41) is 3.31. The number of benzene rings is 1. The number of nitrogens with zero attached hydrogens (tertiary/aromatic N) is 5. The van der Waals surface area contributed by atoms with Crippen molar-refractivity contribution in [3.05, 3.63) is 72.6 Å². The van der Waals surface area contributed by atoms with Gasteiger partial charge in [-0.2, -0.15) is 0 Å². The molecule has 8 nitrogen and oxygen atoms in total. The van der Waals surface area contributed by atoms with Crippen molar-refractivity contribution >= 4 is 35.2 Å². The number of aromatic nitrogens is 2. The highest BCUT2D eigenvalue weighted by Gasteiger charge is 2.28. The van der Waals surface area contributed by atoms with E-state index in [9.17, 15) is 9.59 Å². The van der Waals surface area contributed by atoms with Crippen LogP contribution in [0.2, 0.25) is 0 Å². The standard InChI is InChI=1S/C33H44N6O2/c1-6-31(40)39-22-27(23-39)9-7-8-25(4)10-11-28-21-34-33(35-26(28)5)36-29-12-14-30(15-13-29)37-16-18-38(19-17-37)32(41)20-24(2)3/h6,10-15,21,24,27H,1,4,7-9,16-20,22-23H2,2-3,5H3,(H,34,35,36)/b11-10-. The lowest BCUT2D eigenvalue weighted by Crippen LogP contribution is -2.49. The first-order valence-corrected chi connectivity index (χ1v) is 14.7. The molecular weight excluding hydrogens is 512 g/mol. The lowest BCUT2D eigenvalue weighted by Gasteiger charge is -2.38. The third kappa shape index (κ3) is 8.52. The Bertz CT molecular complexity index is 1250. The molecule has 1 N–H and O–H groups in total. The minimum Gasteiger partial charge on any atom is -0.368 e. The SMILES string of the molecule is C=CC(=O)N1CC(CCCC(=C)/C=C\c2cnc(Nc3ccc(N4CCN(C(=O)CC(C)C)CC4)cc3)nc2C)C1. The van der Waals surface area contributed by atoms with E-state index in [0.29, 0.717) is 24.2 Å². The quantitative estimate of drug-likeness (QED) is 0.270. The number of allylic oxidation sites excluding steroid dienone is 2. The highest BCUT2D eigenvalue weighted by atomic mass is 16.2. The van der Waals surface area contributed by atoms with E-state index in [1.165, 1.54) is 6.08 Å². The average Bonchev–Trinajstić information content (AvgIpc) is 2.93. The van der Waals surface area contributed by atoms with Crippen LogP contribution in [0.25, 0.3) is 6.08 Å². The zero-order chi connectivity index (χ0) is 29.4. The summed E-state index contributed by atoms with van der Waals surface area (Å²) in [5.74, 6) is 1.83. The first-order chi connectivity index (χ1) is 19.7. The molecule has 0 spiro atoms. The molecular formula is C33H44N6O2. The number of nitrogens with one attached hydrogen (secondary N) is 1. The Kier molecular flexibility index (Phi) is 10.3. The zero-order valence-corrected chi connectivity index (χ0v) is 24.8. The molecule has 0 bridgehead atoms. The van der Waals surface area contributed by atoms with Crippen LogP contribution < -0.4 is 10.2 Å². The van der Waals surface area contributed by atoms with Gasteiger partial charge in [0.25, 0.3) is 0 Å². The van der Waals surface area contributed by atoms with Crippen molar-refractivity contribution < 1.29 is 9.59 Å². The molecule has 8 heteroatoms. The van der Waals surface area contributed by atoms with Crippen LogP contribution >= 0.6 is 0 Å². The van der Waals surface area contributed by atoms with Gasteiger partial charge in [-0.05, 0) is 68.4 Å². The number of anilines is 3. The van der Waals surface area contributed by atoms with Crippen molar-refractivity contribution in [1.29, 1.82) is 0 Å². The van der Waals surface area contributed by atoms with Crippen LogP contribution in [-0.4, -0.2) is 70.9 Å². The van der Waals surface area contributed by atoms with Gasteiger partial charge in [0, 0.05) is 68.8 Å². The summed E-state index contributed by atoms with van der Waals surface area (Å²) in [5.41, 5.74) is 5.03. The number of likely N-dealkylation sites (tertiary alicyclic amines) is 1. The lowest BCUT2D eigenvalue weighted by molar-refractivity contribution is -0.133. The lowest BCUT2D eigenvalue weighted by atomic mass is 9.92. The number of piperazine rings is 1. The van der Waals surface area contributed by atoms with Crippen molar-refractivity contribution in [2.24, 2.45) is 11.8 Å². The molecule has 1 aromatic carbocycles. The van der Waals surface area contributed by atoms with E-state index in [-0.39, 0.29) is 11.8 Å². The van der Waals surface area contributed by atoms with Gasteiger partial charge in [-0.3, -0.25) is 9.59 Å². The molecule has 0 saturated carbocycles. The van der Waals surface area contributed by atoms with Crippen molar-refractivity contribution in [2.45, 2.75) is 46.5 Å². The molecule has 2 amide bonds. The molecule has 3 heterocycles. The molecule has 2 saturated heterocycles. The maximum absolute atomic E-state index is 12.4. The Morgan fingerprint density at radius 1 is 1.10 bits per heavy atom. The van der Waals surface area contributed by atoms with Gasteiger partial charge in [0.2, 0.25) is 17.8 Å². The number of rotatable bonds is 12. The van der Waals surface area contributed by atoms with Gasteiger partial charge in [-0.1, -0.05) is 44.7 Å². The maximum atomic E-state index is 12.4. The van der Waals surface area contributed by atoms with Crippen molar-refractivity contribution in [3.63, 3.8) is 0 Å². The number of carbonyl (C=O) groups excluding carboxylic acids is 2. The Hall–Kier alpha value is -3.94. The molecule has 2 aliphatic heterocycles. The second-order valence-corrected chi connectivity index (χ2v) is 11.6. The maximum Gasteiger partial charge on any atom is 0.245 e. The van der Waals surface area contributed by atoms with Crippen molar-refractivity contribution in [2.75, 3.05) is 49.5 Å². The van der Waals surface area contributed by atoms with E-state index in [1.807, 2.05) is 47.2 Å². The fourth-order valence-electron chi connectivity index (χ4n) is 5.25.